The summed E-state index contributed by atoms with van der Waals surface area (Å²) in [6, 6.07) is 33.7. The van der Waals surface area contributed by atoms with Crippen LogP contribution in [0.4, 0.5) is 0 Å². The second-order valence-electron chi connectivity index (χ2n) is 6.24. The Morgan fingerprint density at radius 3 is 1.88 bits per heavy atom. The van der Waals surface area contributed by atoms with Gasteiger partial charge in [0.05, 0.1) is 11.6 Å². The minimum absolute atomic E-state index is 0.691. The molecular formula is C24H17N. The van der Waals surface area contributed by atoms with E-state index in [2.05, 4.69) is 72.8 Å². The third kappa shape index (κ3) is 3.29. The summed E-state index contributed by atoms with van der Waals surface area (Å²) in [5, 5.41) is 11.5. The van der Waals surface area contributed by atoms with Gasteiger partial charge in [-0.05, 0) is 51.6 Å². The van der Waals surface area contributed by atoms with Crippen molar-refractivity contribution in [2.24, 2.45) is 0 Å². The van der Waals surface area contributed by atoms with Crippen LogP contribution in [-0.2, 0) is 6.42 Å². The SMILES string of the molecule is N#Cc1ccc(-c2ccc(Cc3ccc4ccccc4c3)cc2)cc1. The molecule has 0 saturated heterocycles. The van der Waals surface area contributed by atoms with Crippen molar-refractivity contribution in [2.45, 2.75) is 6.42 Å². The van der Waals surface area contributed by atoms with E-state index in [-0.39, 0.29) is 0 Å². The van der Waals surface area contributed by atoms with Gasteiger partial charge in [-0.25, -0.2) is 0 Å². The van der Waals surface area contributed by atoms with E-state index in [1.165, 1.54) is 27.5 Å². The molecule has 4 aromatic rings. The van der Waals surface area contributed by atoms with Gasteiger partial charge >= 0.3 is 0 Å². The van der Waals surface area contributed by atoms with E-state index in [9.17, 15) is 0 Å². The minimum atomic E-state index is 0.691. The molecular weight excluding hydrogens is 302 g/mol. The molecule has 0 heterocycles. The fourth-order valence-corrected chi connectivity index (χ4v) is 3.14. The summed E-state index contributed by atoms with van der Waals surface area (Å²) < 4.78 is 0. The maximum absolute atomic E-state index is 8.89. The van der Waals surface area contributed by atoms with Gasteiger partial charge in [0, 0.05) is 0 Å². The van der Waals surface area contributed by atoms with E-state index in [1.54, 1.807) is 0 Å². The molecule has 0 atom stereocenters. The number of fused-ring (bicyclic) bond motifs is 1. The first-order valence-electron chi connectivity index (χ1n) is 8.39. The first-order chi connectivity index (χ1) is 12.3. The second-order valence-corrected chi connectivity index (χ2v) is 6.24. The standard InChI is InChI=1S/C24H17N/c25-17-19-7-12-23(13-8-19)22-10-5-18(6-11-22)15-20-9-14-21-3-1-2-4-24(21)16-20/h1-14,16H,15H2. The fourth-order valence-electron chi connectivity index (χ4n) is 3.14. The minimum Gasteiger partial charge on any atom is -0.192 e. The average Bonchev–Trinajstić information content (AvgIpc) is 2.69. The van der Waals surface area contributed by atoms with Gasteiger partial charge < -0.3 is 0 Å². The van der Waals surface area contributed by atoms with Gasteiger partial charge in [-0.15, -0.1) is 0 Å². The summed E-state index contributed by atoms with van der Waals surface area (Å²) in [4.78, 5) is 0. The van der Waals surface area contributed by atoms with Crippen molar-refractivity contribution in [2.75, 3.05) is 0 Å². The molecule has 0 aliphatic rings. The van der Waals surface area contributed by atoms with Gasteiger partial charge in [-0.2, -0.15) is 5.26 Å². The Labute approximate surface area is 147 Å². The van der Waals surface area contributed by atoms with Crippen LogP contribution in [0.2, 0.25) is 0 Å². The Bertz CT molecular complexity index is 1050. The lowest BCUT2D eigenvalue weighted by Crippen LogP contribution is -1.89. The van der Waals surface area contributed by atoms with E-state index in [4.69, 9.17) is 5.26 Å². The quantitative estimate of drug-likeness (QED) is 0.456. The number of benzene rings is 4. The largest absolute Gasteiger partial charge is 0.192 e. The molecule has 1 heteroatoms. The van der Waals surface area contributed by atoms with Crippen LogP contribution in [0.25, 0.3) is 21.9 Å². The van der Waals surface area contributed by atoms with Crippen LogP contribution in [0, 0.1) is 11.3 Å². The second kappa shape index (κ2) is 6.63. The van der Waals surface area contributed by atoms with E-state index in [0.717, 1.165) is 12.0 Å². The molecule has 0 spiro atoms. The third-order valence-electron chi connectivity index (χ3n) is 4.52. The average molecular weight is 319 g/mol. The highest BCUT2D eigenvalue weighted by molar-refractivity contribution is 5.83. The van der Waals surface area contributed by atoms with Crippen LogP contribution in [0.1, 0.15) is 16.7 Å². The molecule has 4 rings (SSSR count). The number of hydrogen-bond donors (Lipinski definition) is 0. The predicted octanol–water partition coefficient (Wildman–Crippen LogP) is 5.97. The molecule has 1 nitrogen and oxygen atoms in total. The summed E-state index contributed by atoms with van der Waals surface area (Å²) >= 11 is 0. The lowest BCUT2D eigenvalue weighted by atomic mass is 9.98. The molecule has 4 aromatic carbocycles. The van der Waals surface area contributed by atoms with Crippen molar-refractivity contribution in [1.29, 1.82) is 5.26 Å². The molecule has 0 aliphatic heterocycles. The molecule has 0 saturated carbocycles. The molecule has 0 radical (unpaired) electrons. The third-order valence-corrected chi connectivity index (χ3v) is 4.52. The molecule has 0 bridgehead atoms. The lowest BCUT2D eigenvalue weighted by Gasteiger charge is -2.06. The highest BCUT2D eigenvalue weighted by Crippen LogP contribution is 2.22. The van der Waals surface area contributed by atoms with Gasteiger partial charge in [0.2, 0.25) is 0 Å². The molecule has 0 amide bonds. The maximum Gasteiger partial charge on any atom is 0.0991 e. The summed E-state index contributed by atoms with van der Waals surface area (Å²) in [6.45, 7) is 0. The Kier molecular flexibility index (Phi) is 4.02. The zero-order valence-electron chi connectivity index (χ0n) is 13.8. The molecule has 118 valence electrons. The smallest absolute Gasteiger partial charge is 0.0991 e. The normalized spacial score (nSPS) is 10.5. The summed E-state index contributed by atoms with van der Waals surface area (Å²) in [6.07, 6.45) is 0.929. The molecule has 25 heavy (non-hydrogen) atoms. The van der Waals surface area contributed by atoms with Gasteiger partial charge in [-0.3, -0.25) is 0 Å². The highest BCUT2D eigenvalue weighted by atomic mass is 14.2. The Balaban J connectivity index is 1.55. The summed E-state index contributed by atoms with van der Waals surface area (Å²) in [5.41, 5.74) is 5.62. The molecule has 0 N–H and O–H groups in total. The van der Waals surface area contributed by atoms with E-state index in [0.29, 0.717) is 5.56 Å². The summed E-state index contributed by atoms with van der Waals surface area (Å²) in [5.74, 6) is 0. The number of nitrogens with zero attached hydrogens (tertiary/aromatic N) is 1. The Hall–Kier alpha value is -3.37. The van der Waals surface area contributed by atoms with E-state index >= 15 is 0 Å². The van der Waals surface area contributed by atoms with Crippen molar-refractivity contribution in [3.05, 3.63) is 108 Å². The fraction of sp³-hybridized carbons (Fsp3) is 0.0417. The van der Waals surface area contributed by atoms with Crippen LogP contribution < -0.4 is 0 Å². The molecule has 0 aromatic heterocycles. The number of rotatable bonds is 3. The maximum atomic E-state index is 8.89. The van der Waals surface area contributed by atoms with Crippen LogP contribution in [0.5, 0.6) is 0 Å². The molecule has 0 aliphatic carbocycles. The molecule has 0 unspecified atom stereocenters. The van der Waals surface area contributed by atoms with Gasteiger partial charge in [-0.1, -0.05) is 78.9 Å². The first kappa shape index (κ1) is 15.2. The van der Waals surface area contributed by atoms with Crippen molar-refractivity contribution in [3.63, 3.8) is 0 Å². The van der Waals surface area contributed by atoms with Gasteiger partial charge in [0.1, 0.15) is 0 Å². The summed E-state index contributed by atoms with van der Waals surface area (Å²) in [7, 11) is 0. The van der Waals surface area contributed by atoms with E-state index < -0.39 is 0 Å². The predicted molar refractivity (Wildman–Crippen MR) is 103 cm³/mol. The zero-order chi connectivity index (χ0) is 17.1. The van der Waals surface area contributed by atoms with Crippen molar-refractivity contribution < 1.29 is 0 Å². The Morgan fingerprint density at radius 1 is 0.600 bits per heavy atom. The number of hydrogen-bond acceptors (Lipinski definition) is 1. The van der Waals surface area contributed by atoms with Crippen molar-refractivity contribution in [3.8, 4) is 17.2 Å². The van der Waals surface area contributed by atoms with E-state index in [1.807, 2.05) is 24.3 Å². The lowest BCUT2D eigenvalue weighted by molar-refractivity contribution is 1.20. The van der Waals surface area contributed by atoms with Crippen LogP contribution in [-0.4, -0.2) is 0 Å². The van der Waals surface area contributed by atoms with Crippen LogP contribution in [0.3, 0.4) is 0 Å². The van der Waals surface area contributed by atoms with Crippen molar-refractivity contribution >= 4 is 10.8 Å². The van der Waals surface area contributed by atoms with Crippen molar-refractivity contribution in [1.82, 2.24) is 0 Å². The first-order valence-corrected chi connectivity index (χ1v) is 8.39. The van der Waals surface area contributed by atoms with Gasteiger partial charge in [0.15, 0.2) is 0 Å². The van der Waals surface area contributed by atoms with Gasteiger partial charge in [0.25, 0.3) is 0 Å². The molecule has 0 fully saturated rings. The highest BCUT2D eigenvalue weighted by Gasteiger charge is 2.01. The monoisotopic (exact) mass is 319 g/mol. The topological polar surface area (TPSA) is 23.8 Å². The number of nitriles is 1. The Morgan fingerprint density at radius 2 is 1.20 bits per heavy atom. The van der Waals surface area contributed by atoms with Crippen LogP contribution in [0.15, 0.2) is 91.0 Å². The van der Waals surface area contributed by atoms with Crippen LogP contribution >= 0.6 is 0 Å². The zero-order valence-corrected chi connectivity index (χ0v) is 13.8.